The minimum Gasteiger partial charge on any atom is -0.497 e. The first-order valence-corrected chi connectivity index (χ1v) is 10.1. The van der Waals surface area contributed by atoms with Crippen molar-refractivity contribution >= 4 is 5.69 Å². The van der Waals surface area contributed by atoms with Gasteiger partial charge in [0.2, 0.25) is 0 Å². The SMILES string of the molecule is COc1ccc(COc2ncc(-c3nc(C4CCOCC4)c(N)cc3C)cn2)cc1. The highest BCUT2D eigenvalue weighted by molar-refractivity contribution is 5.65. The molecule has 1 aliphatic heterocycles. The molecule has 0 radical (unpaired) electrons. The third-order valence-electron chi connectivity index (χ3n) is 5.31. The molecule has 1 aromatic carbocycles. The maximum absolute atomic E-state index is 6.27. The fourth-order valence-electron chi connectivity index (χ4n) is 3.62. The molecule has 2 aromatic heterocycles. The molecule has 0 atom stereocenters. The van der Waals surface area contributed by atoms with Crippen molar-refractivity contribution in [2.75, 3.05) is 26.1 Å². The lowest BCUT2D eigenvalue weighted by Gasteiger charge is -2.23. The number of aryl methyl sites for hydroxylation is 1. The van der Waals surface area contributed by atoms with E-state index in [2.05, 4.69) is 9.97 Å². The molecule has 3 aromatic rings. The first-order valence-electron chi connectivity index (χ1n) is 10.1. The molecule has 4 rings (SSSR count). The number of aromatic nitrogens is 3. The summed E-state index contributed by atoms with van der Waals surface area (Å²) < 4.78 is 16.3. The van der Waals surface area contributed by atoms with Crippen molar-refractivity contribution in [3.05, 3.63) is 59.5 Å². The van der Waals surface area contributed by atoms with Gasteiger partial charge in [0.1, 0.15) is 12.4 Å². The third-order valence-corrected chi connectivity index (χ3v) is 5.31. The number of ether oxygens (including phenoxy) is 3. The first-order chi connectivity index (χ1) is 14.6. The number of nitrogen functional groups attached to an aromatic ring is 1. The Bertz CT molecular complexity index is 985. The smallest absolute Gasteiger partial charge is 0.316 e. The monoisotopic (exact) mass is 406 g/mol. The summed E-state index contributed by atoms with van der Waals surface area (Å²) in [5.41, 5.74) is 11.7. The van der Waals surface area contributed by atoms with Crippen molar-refractivity contribution in [3.8, 4) is 23.0 Å². The van der Waals surface area contributed by atoms with Crippen LogP contribution in [0.4, 0.5) is 5.69 Å². The summed E-state index contributed by atoms with van der Waals surface area (Å²) in [5.74, 6) is 1.14. The highest BCUT2D eigenvalue weighted by Gasteiger charge is 2.21. The number of methoxy groups -OCH3 is 1. The Morgan fingerprint density at radius 2 is 1.80 bits per heavy atom. The summed E-state index contributed by atoms with van der Waals surface area (Å²) in [6, 6.07) is 10.0. The highest BCUT2D eigenvalue weighted by Crippen LogP contribution is 2.33. The molecule has 0 spiro atoms. The molecule has 2 N–H and O–H groups in total. The van der Waals surface area contributed by atoms with Gasteiger partial charge in [0, 0.05) is 37.1 Å². The van der Waals surface area contributed by atoms with Crippen LogP contribution in [0.3, 0.4) is 0 Å². The van der Waals surface area contributed by atoms with Crippen LogP contribution in [0.25, 0.3) is 11.3 Å². The number of hydrogen-bond acceptors (Lipinski definition) is 7. The van der Waals surface area contributed by atoms with Crippen LogP contribution >= 0.6 is 0 Å². The minimum absolute atomic E-state index is 0.325. The summed E-state index contributed by atoms with van der Waals surface area (Å²) in [7, 11) is 1.64. The van der Waals surface area contributed by atoms with E-state index in [1.807, 2.05) is 37.3 Å². The van der Waals surface area contributed by atoms with Crippen molar-refractivity contribution in [2.45, 2.75) is 32.3 Å². The van der Waals surface area contributed by atoms with Gasteiger partial charge < -0.3 is 19.9 Å². The Morgan fingerprint density at radius 3 is 2.47 bits per heavy atom. The lowest BCUT2D eigenvalue weighted by Crippen LogP contribution is -2.17. The molecule has 1 fully saturated rings. The number of nitrogens with zero attached hydrogens (tertiary/aromatic N) is 3. The Balaban J connectivity index is 1.49. The van der Waals surface area contributed by atoms with Crippen molar-refractivity contribution in [2.24, 2.45) is 0 Å². The Kier molecular flexibility index (Phi) is 6.09. The van der Waals surface area contributed by atoms with Crippen LogP contribution in [0.15, 0.2) is 42.7 Å². The van der Waals surface area contributed by atoms with Crippen LogP contribution in [0.1, 0.15) is 35.6 Å². The molecule has 0 bridgehead atoms. The summed E-state index contributed by atoms with van der Waals surface area (Å²) in [4.78, 5) is 13.6. The molecule has 1 aliphatic rings. The Hall–Kier alpha value is -3.19. The van der Waals surface area contributed by atoms with Crippen LogP contribution in [-0.4, -0.2) is 35.3 Å². The normalized spacial score (nSPS) is 14.5. The molecule has 156 valence electrons. The van der Waals surface area contributed by atoms with Gasteiger partial charge in [0.05, 0.1) is 24.2 Å². The molecule has 0 aliphatic carbocycles. The van der Waals surface area contributed by atoms with Gasteiger partial charge >= 0.3 is 6.01 Å². The quantitative estimate of drug-likeness (QED) is 0.663. The van der Waals surface area contributed by atoms with E-state index in [4.69, 9.17) is 24.9 Å². The number of nitrogens with two attached hydrogens (primary N) is 1. The maximum atomic E-state index is 6.27. The van der Waals surface area contributed by atoms with E-state index in [1.165, 1.54) is 0 Å². The van der Waals surface area contributed by atoms with Gasteiger partial charge in [-0.3, -0.25) is 0 Å². The van der Waals surface area contributed by atoms with Crippen molar-refractivity contribution in [3.63, 3.8) is 0 Å². The largest absolute Gasteiger partial charge is 0.497 e. The van der Waals surface area contributed by atoms with Crippen LogP contribution in [0, 0.1) is 6.92 Å². The number of benzene rings is 1. The lowest BCUT2D eigenvalue weighted by molar-refractivity contribution is 0.0847. The van der Waals surface area contributed by atoms with E-state index in [-0.39, 0.29) is 0 Å². The second kappa shape index (κ2) is 9.09. The van der Waals surface area contributed by atoms with E-state index < -0.39 is 0 Å². The van der Waals surface area contributed by atoms with Gasteiger partial charge in [-0.1, -0.05) is 12.1 Å². The van der Waals surface area contributed by atoms with Crippen LogP contribution in [-0.2, 0) is 11.3 Å². The predicted octanol–water partition coefficient (Wildman–Crippen LogP) is 3.91. The lowest BCUT2D eigenvalue weighted by atomic mass is 9.93. The van der Waals surface area contributed by atoms with Crippen molar-refractivity contribution < 1.29 is 14.2 Å². The second-order valence-corrected chi connectivity index (χ2v) is 7.41. The fraction of sp³-hybridized carbons (Fsp3) is 0.348. The zero-order valence-corrected chi connectivity index (χ0v) is 17.3. The number of pyridine rings is 1. The van der Waals surface area contributed by atoms with Gasteiger partial charge in [-0.25, -0.2) is 15.0 Å². The number of rotatable bonds is 6. The first kappa shape index (κ1) is 20.1. The Labute approximate surface area is 176 Å². The summed E-state index contributed by atoms with van der Waals surface area (Å²) in [6.07, 6.45) is 5.37. The van der Waals surface area contributed by atoms with Crippen LogP contribution in [0.2, 0.25) is 0 Å². The van der Waals surface area contributed by atoms with E-state index >= 15 is 0 Å². The van der Waals surface area contributed by atoms with E-state index in [0.29, 0.717) is 18.5 Å². The average Bonchev–Trinajstić information content (AvgIpc) is 2.79. The van der Waals surface area contributed by atoms with Crippen molar-refractivity contribution in [1.29, 1.82) is 0 Å². The van der Waals surface area contributed by atoms with Crippen LogP contribution in [0.5, 0.6) is 11.8 Å². The molecule has 3 heterocycles. The Morgan fingerprint density at radius 1 is 1.10 bits per heavy atom. The van der Waals surface area contributed by atoms with E-state index in [0.717, 1.165) is 65.6 Å². The molecule has 1 saturated heterocycles. The molecule has 0 unspecified atom stereocenters. The zero-order chi connectivity index (χ0) is 20.9. The third kappa shape index (κ3) is 4.52. The van der Waals surface area contributed by atoms with Crippen LogP contribution < -0.4 is 15.2 Å². The standard InChI is InChI=1S/C23H26N4O3/c1-15-11-20(24)22(17-7-9-29-10-8-17)27-21(15)18-12-25-23(26-13-18)30-14-16-3-5-19(28-2)6-4-16/h3-6,11-13,17H,7-10,14,24H2,1-2H3. The van der Waals surface area contributed by atoms with Gasteiger partial charge in [0.25, 0.3) is 0 Å². The molecular formula is C23H26N4O3. The summed E-state index contributed by atoms with van der Waals surface area (Å²) in [5, 5.41) is 0. The predicted molar refractivity (Wildman–Crippen MR) is 115 cm³/mol. The number of hydrogen-bond donors (Lipinski definition) is 1. The van der Waals surface area contributed by atoms with Gasteiger partial charge in [0.15, 0.2) is 0 Å². The topological polar surface area (TPSA) is 92.4 Å². The molecule has 7 heteroatoms. The number of anilines is 1. The van der Waals surface area contributed by atoms with Gasteiger partial charge in [-0.2, -0.15) is 0 Å². The molecule has 30 heavy (non-hydrogen) atoms. The van der Waals surface area contributed by atoms with Gasteiger partial charge in [-0.05, 0) is 49.1 Å². The molecule has 0 amide bonds. The summed E-state index contributed by atoms with van der Waals surface area (Å²) >= 11 is 0. The minimum atomic E-state index is 0.325. The van der Waals surface area contributed by atoms with Gasteiger partial charge in [-0.15, -0.1) is 0 Å². The fourth-order valence-corrected chi connectivity index (χ4v) is 3.62. The second-order valence-electron chi connectivity index (χ2n) is 7.41. The molecule has 0 saturated carbocycles. The molecular weight excluding hydrogens is 380 g/mol. The zero-order valence-electron chi connectivity index (χ0n) is 17.3. The van der Waals surface area contributed by atoms with Crippen molar-refractivity contribution in [1.82, 2.24) is 15.0 Å². The average molecular weight is 406 g/mol. The molecule has 7 nitrogen and oxygen atoms in total. The summed E-state index contributed by atoms with van der Waals surface area (Å²) in [6.45, 7) is 3.88. The van der Waals surface area contributed by atoms with E-state index in [1.54, 1.807) is 19.5 Å². The highest BCUT2D eigenvalue weighted by atomic mass is 16.5. The van der Waals surface area contributed by atoms with E-state index in [9.17, 15) is 0 Å². The maximum Gasteiger partial charge on any atom is 0.316 e.